The Morgan fingerprint density at radius 3 is 2.33 bits per heavy atom. The van der Waals surface area contributed by atoms with E-state index >= 15 is 0 Å². The van der Waals surface area contributed by atoms with Gasteiger partial charge in [0.15, 0.2) is 5.79 Å². The van der Waals surface area contributed by atoms with Gasteiger partial charge < -0.3 is 19.3 Å². The van der Waals surface area contributed by atoms with E-state index in [1.165, 1.54) is 6.07 Å². The molecule has 0 bridgehead atoms. The Kier molecular flexibility index (Phi) is 6.27. The Hall–Kier alpha value is -1.79. The lowest BCUT2D eigenvalue weighted by molar-refractivity contribution is -0.228. The molecular weight excluding hydrogens is 347 g/mol. The minimum Gasteiger partial charge on any atom is -0.368 e. The number of aryl methyl sites for hydroxylation is 1. The molecule has 1 N–H and O–H groups in total. The molecule has 2 aromatic carbocycles. The average molecular weight is 374 g/mol. The molecule has 0 spiro atoms. The summed E-state index contributed by atoms with van der Waals surface area (Å²) in [6.45, 7) is 6.00. The van der Waals surface area contributed by atoms with E-state index in [0.717, 1.165) is 11.1 Å². The number of aliphatic hydroxyl groups is 1. The van der Waals surface area contributed by atoms with Crippen molar-refractivity contribution in [1.29, 1.82) is 0 Å². The topological polar surface area (TPSA) is 47.9 Å². The molecule has 5 heteroatoms. The zero-order valence-corrected chi connectivity index (χ0v) is 16.0. The van der Waals surface area contributed by atoms with Gasteiger partial charge in [-0.2, -0.15) is 0 Å². The van der Waals surface area contributed by atoms with Crippen LogP contribution in [0.3, 0.4) is 0 Å². The number of hydrogen-bond acceptors (Lipinski definition) is 4. The molecule has 146 valence electrons. The smallest absolute Gasteiger partial charge is 0.192 e. The molecule has 1 aliphatic heterocycles. The fourth-order valence-corrected chi connectivity index (χ4v) is 3.45. The minimum atomic E-state index is -1.47. The molecule has 4 atom stereocenters. The van der Waals surface area contributed by atoms with Crippen LogP contribution in [0.4, 0.5) is 4.39 Å². The van der Waals surface area contributed by atoms with Crippen LogP contribution in [0, 0.1) is 12.7 Å². The van der Waals surface area contributed by atoms with Gasteiger partial charge in [0, 0.05) is 5.56 Å². The SMILES string of the molecule is CC[C@H]1OC(C)(O)[C@H](OCc2ccccc2C)[C@H]1OCc1ccccc1F. The first kappa shape index (κ1) is 20.0. The van der Waals surface area contributed by atoms with Crippen molar-refractivity contribution < 1.29 is 23.7 Å². The Morgan fingerprint density at radius 2 is 1.67 bits per heavy atom. The maximum absolute atomic E-state index is 13.9. The summed E-state index contributed by atoms with van der Waals surface area (Å²) >= 11 is 0. The highest BCUT2D eigenvalue weighted by molar-refractivity contribution is 5.24. The molecule has 4 nitrogen and oxygen atoms in total. The summed E-state index contributed by atoms with van der Waals surface area (Å²) in [5.41, 5.74) is 2.63. The Balaban J connectivity index is 1.73. The predicted octanol–water partition coefficient (Wildman–Crippen LogP) is 4.12. The van der Waals surface area contributed by atoms with Crippen molar-refractivity contribution in [3.8, 4) is 0 Å². The van der Waals surface area contributed by atoms with E-state index in [1.54, 1.807) is 25.1 Å². The second-order valence-corrected chi connectivity index (χ2v) is 7.14. The number of rotatable bonds is 7. The van der Waals surface area contributed by atoms with Gasteiger partial charge in [-0.25, -0.2) is 4.39 Å². The Bertz CT molecular complexity index is 761. The molecule has 27 heavy (non-hydrogen) atoms. The third kappa shape index (κ3) is 4.55. The quantitative estimate of drug-likeness (QED) is 0.792. The van der Waals surface area contributed by atoms with E-state index in [2.05, 4.69) is 0 Å². The van der Waals surface area contributed by atoms with E-state index in [9.17, 15) is 9.50 Å². The van der Waals surface area contributed by atoms with Gasteiger partial charge in [0.05, 0.1) is 19.3 Å². The summed E-state index contributed by atoms with van der Waals surface area (Å²) in [6.07, 6.45) is -0.835. The number of hydrogen-bond donors (Lipinski definition) is 1. The molecule has 1 heterocycles. The molecule has 0 aromatic heterocycles. The first-order valence-corrected chi connectivity index (χ1v) is 9.33. The van der Waals surface area contributed by atoms with Crippen LogP contribution < -0.4 is 0 Å². The van der Waals surface area contributed by atoms with E-state index < -0.39 is 18.0 Å². The van der Waals surface area contributed by atoms with Crippen molar-refractivity contribution in [2.24, 2.45) is 0 Å². The van der Waals surface area contributed by atoms with Crippen molar-refractivity contribution in [1.82, 2.24) is 0 Å². The van der Waals surface area contributed by atoms with Crippen molar-refractivity contribution in [2.75, 3.05) is 0 Å². The van der Waals surface area contributed by atoms with Crippen molar-refractivity contribution >= 4 is 0 Å². The summed E-state index contributed by atoms with van der Waals surface area (Å²) < 4.78 is 31.7. The third-order valence-electron chi connectivity index (χ3n) is 5.05. The highest BCUT2D eigenvalue weighted by Gasteiger charge is 2.52. The van der Waals surface area contributed by atoms with Crippen LogP contribution in [0.25, 0.3) is 0 Å². The molecule has 0 aliphatic carbocycles. The van der Waals surface area contributed by atoms with Gasteiger partial charge in [-0.3, -0.25) is 0 Å². The van der Waals surface area contributed by atoms with E-state index in [4.69, 9.17) is 14.2 Å². The summed E-state index contributed by atoms with van der Waals surface area (Å²) in [6, 6.07) is 14.4. The summed E-state index contributed by atoms with van der Waals surface area (Å²) in [5, 5.41) is 10.7. The maximum atomic E-state index is 13.9. The van der Waals surface area contributed by atoms with Gasteiger partial charge >= 0.3 is 0 Å². The first-order chi connectivity index (χ1) is 12.9. The molecule has 1 fully saturated rings. The largest absolute Gasteiger partial charge is 0.368 e. The lowest BCUT2D eigenvalue weighted by Crippen LogP contribution is -2.43. The van der Waals surface area contributed by atoms with Crippen molar-refractivity contribution in [3.05, 3.63) is 71.0 Å². The highest BCUT2D eigenvalue weighted by Crippen LogP contribution is 2.36. The van der Waals surface area contributed by atoms with Gasteiger partial charge in [-0.05, 0) is 37.5 Å². The number of ether oxygens (including phenoxy) is 3. The van der Waals surface area contributed by atoms with Gasteiger partial charge in [0.25, 0.3) is 0 Å². The third-order valence-corrected chi connectivity index (χ3v) is 5.05. The van der Waals surface area contributed by atoms with Crippen molar-refractivity contribution in [2.45, 2.75) is 64.5 Å². The summed E-state index contributed by atoms with van der Waals surface area (Å²) in [4.78, 5) is 0. The van der Waals surface area contributed by atoms with Crippen LogP contribution in [0.2, 0.25) is 0 Å². The molecule has 1 unspecified atom stereocenters. The lowest BCUT2D eigenvalue weighted by atomic mass is 10.0. The second kappa shape index (κ2) is 8.48. The average Bonchev–Trinajstić information content (AvgIpc) is 2.90. The summed E-state index contributed by atoms with van der Waals surface area (Å²) in [5.74, 6) is -1.78. The minimum absolute atomic E-state index is 0.0947. The van der Waals surface area contributed by atoms with Gasteiger partial charge in [0.2, 0.25) is 0 Å². The second-order valence-electron chi connectivity index (χ2n) is 7.14. The van der Waals surface area contributed by atoms with Crippen molar-refractivity contribution in [3.63, 3.8) is 0 Å². The van der Waals surface area contributed by atoms with Crippen LogP contribution in [0.5, 0.6) is 0 Å². The lowest BCUT2D eigenvalue weighted by Gasteiger charge is -2.27. The molecule has 0 radical (unpaired) electrons. The van der Waals surface area contributed by atoms with E-state index in [0.29, 0.717) is 18.6 Å². The van der Waals surface area contributed by atoms with Crippen LogP contribution in [0.15, 0.2) is 48.5 Å². The monoisotopic (exact) mass is 374 g/mol. The van der Waals surface area contributed by atoms with Crippen LogP contribution in [-0.4, -0.2) is 29.2 Å². The van der Waals surface area contributed by atoms with Gasteiger partial charge in [-0.15, -0.1) is 0 Å². The molecule has 0 saturated carbocycles. The zero-order valence-electron chi connectivity index (χ0n) is 16.0. The molecule has 0 amide bonds. The fraction of sp³-hybridized carbons (Fsp3) is 0.455. The number of benzene rings is 2. The molecule has 2 aromatic rings. The van der Waals surface area contributed by atoms with E-state index in [-0.39, 0.29) is 18.5 Å². The summed E-state index contributed by atoms with van der Waals surface area (Å²) in [7, 11) is 0. The highest BCUT2D eigenvalue weighted by atomic mass is 19.1. The maximum Gasteiger partial charge on any atom is 0.192 e. The van der Waals surface area contributed by atoms with Gasteiger partial charge in [0.1, 0.15) is 18.0 Å². The first-order valence-electron chi connectivity index (χ1n) is 9.33. The Morgan fingerprint density at radius 1 is 1.04 bits per heavy atom. The molecular formula is C22H27FO4. The van der Waals surface area contributed by atoms with Crippen LogP contribution >= 0.6 is 0 Å². The molecule has 3 rings (SSSR count). The predicted molar refractivity (Wildman–Crippen MR) is 101 cm³/mol. The van der Waals surface area contributed by atoms with Gasteiger partial charge in [-0.1, -0.05) is 49.4 Å². The van der Waals surface area contributed by atoms with Crippen LogP contribution in [-0.2, 0) is 27.4 Å². The van der Waals surface area contributed by atoms with E-state index in [1.807, 2.05) is 38.1 Å². The van der Waals surface area contributed by atoms with Crippen LogP contribution in [0.1, 0.15) is 37.0 Å². The fourth-order valence-electron chi connectivity index (χ4n) is 3.45. The number of halogens is 1. The zero-order chi connectivity index (χ0) is 19.4. The molecule has 1 aliphatic rings. The Labute approximate surface area is 159 Å². The normalized spacial score (nSPS) is 27.8. The molecule has 1 saturated heterocycles. The standard InChI is InChI=1S/C22H27FO4/c1-4-19-20(25-14-17-11-7-8-12-18(17)23)21(22(3,24)27-19)26-13-16-10-6-5-9-15(16)2/h5-12,19-21,24H,4,13-14H2,1-3H3/t19-,20+,21-,22?/m1/s1.